The highest BCUT2D eigenvalue weighted by atomic mass is 32.1. The number of hydrogen-bond acceptors (Lipinski definition) is 5. The number of halogens is 3. The maximum Gasteiger partial charge on any atom is 0.416 e. The first-order valence-corrected chi connectivity index (χ1v) is 8.09. The molecule has 8 heteroatoms. The molecule has 0 saturated heterocycles. The van der Waals surface area contributed by atoms with E-state index in [1.54, 1.807) is 17.5 Å². The number of hydrogen-bond donors (Lipinski definition) is 3. The summed E-state index contributed by atoms with van der Waals surface area (Å²) < 4.78 is 38.1. The number of alkyl halides is 3. The fraction of sp³-hybridized carbons (Fsp3) is 0.118. The quantitative estimate of drug-likeness (QED) is 0.578. The van der Waals surface area contributed by atoms with Gasteiger partial charge in [0.05, 0.1) is 11.3 Å². The molecule has 0 radical (unpaired) electrons. The molecule has 1 aromatic heterocycles. The van der Waals surface area contributed by atoms with Gasteiger partial charge in [0.2, 0.25) is 0 Å². The van der Waals surface area contributed by atoms with Gasteiger partial charge in [-0.2, -0.15) is 13.2 Å². The van der Waals surface area contributed by atoms with Crippen LogP contribution in [0.5, 0.6) is 11.5 Å². The molecule has 2 aromatic carbocycles. The summed E-state index contributed by atoms with van der Waals surface area (Å²) in [7, 11) is 0. The van der Waals surface area contributed by atoms with Crippen molar-refractivity contribution in [3.63, 3.8) is 0 Å². The predicted octanol–water partition coefficient (Wildman–Crippen LogP) is 4.85. The van der Waals surface area contributed by atoms with Crippen LogP contribution in [-0.4, -0.2) is 15.2 Å². The fourth-order valence-electron chi connectivity index (χ4n) is 2.21. The van der Waals surface area contributed by atoms with Crippen molar-refractivity contribution in [3.8, 4) is 22.8 Å². The average Bonchev–Trinajstić information content (AvgIpc) is 3.04. The summed E-state index contributed by atoms with van der Waals surface area (Å²) in [5, 5.41) is 24.1. The summed E-state index contributed by atoms with van der Waals surface area (Å²) in [6, 6.07) is 9.46. The topological polar surface area (TPSA) is 65.4 Å². The van der Waals surface area contributed by atoms with Crippen LogP contribution in [0.4, 0.5) is 18.3 Å². The number of nitrogens with one attached hydrogen (secondary N) is 1. The van der Waals surface area contributed by atoms with Crippen molar-refractivity contribution in [2.45, 2.75) is 12.7 Å². The normalized spacial score (nSPS) is 11.5. The average molecular weight is 366 g/mol. The van der Waals surface area contributed by atoms with Gasteiger partial charge in [0.15, 0.2) is 16.6 Å². The van der Waals surface area contributed by atoms with E-state index in [0.717, 1.165) is 12.1 Å². The molecular weight excluding hydrogens is 353 g/mol. The van der Waals surface area contributed by atoms with Gasteiger partial charge in [0.25, 0.3) is 0 Å². The Bertz CT molecular complexity index is 894. The van der Waals surface area contributed by atoms with E-state index in [9.17, 15) is 23.4 Å². The molecule has 0 saturated carbocycles. The summed E-state index contributed by atoms with van der Waals surface area (Å²) >= 11 is 1.29. The molecule has 0 spiro atoms. The third kappa shape index (κ3) is 4.03. The van der Waals surface area contributed by atoms with E-state index < -0.39 is 11.7 Å². The first kappa shape index (κ1) is 17.1. The van der Waals surface area contributed by atoms with E-state index in [-0.39, 0.29) is 18.0 Å². The maximum absolute atomic E-state index is 12.7. The standard InChI is InChI=1S/C17H13F3N2O2S/c18-17(19,20)12-3-1-2-10(6-12)8-21-16-22-13(9-25-16)11-4-5-14(23)15(24)7-11/h1-7,9,23-24H,8H2,(H,21,22). The van der Waals surface area contributed by atoms with Gasteiger partial charge in [0, 0.05) is 17.5 Å². The molecule has 0 atom stereocenters. The Morgan fingerprint density at radius 1 is 1.04 bits per heavy atom. The highest BCUT2D eigenvalue weighted by Crippen LogP contribution is 2.32. The third-order valence-corrected chi connectivity index (χ3v) is 4.27. The molecule has 1 heterocycles. The summed E-state index contributed by atoms with van der Waals surface area (Å²) in [5.74, 6) is -0.467. The van der Waals surface area contributed by atoms with Crippen LogP contribution in [-0.2, 0) is 12.7 Å². The number of phenols is 2. The van der Waals surface area contributed by atoms with Gasteiger partial charge in [-0.1, -0.05) is 12.1 Å². The Morgan fingerprint density at radius 3 is 2.56 bits per heavy atom. The Morgan fingerprint density at radius 2 is 1.84 bits per heavy atom. The predicted molar refractivity (Wildman–Crippen MR) is 89.7 cm³/mol. The molecule has 25 heavy (non-hydrogen) atoms. The van der Waals surface area contributed by atoms with Crippen LogP contribution in [0.25, 0.3) is 11.3 Å². The van der Waals surface area contributed by atoms with Gasteiger partial charge in [-0.3, -0.25) is 0 Å². The lowest BCUT2D eigenvalue weighted by Gasteiger charge is -2.09. The second kappa shape index (κ2) is 6.64. The van der Waals surface area contributed by atoms with Crippen molar-refractivity contribution >= 4 is 16.5 Å². The minimum absolute atomic E-state index is 0.206. The van der Waals surface area contributed by atoms with Crippen molar-refractivity contribution in [3.05, 3.63) is 59.0 Å². The van der Waals surface area contributed by atoms with Gasteiger partial charge in [-0.15, -0.1) is 11.3 Å². The number of thiazole rings is 1. The zero-order valence-electron chi connectivity index (χ0n) is 12.7. The van der Waals surface area contributed by atoms with Gasteiger partial charge in [0.1, 0.15) is 0 Å². The Labute approximate surface area is 145 Å². The second-order valence-electron chi connectivity index (χ2n) is 5.29. The van der Waals surface area contributed by atoms with Crippen molar-refractivity contribution in [2.24, 2.45) is 0 Å². The number of aromatic nitrogens is 1. The first-order chi connectivity index (χ1) is 11.8. The van der Waals surface area contributed by atoms with Crippen molar-refractivity contribution in [1.82, 2.24) is 4.98 Å². The molecular formula is C17H13F3N2O2S. The van der Waals surface area contributed by atoms with Crippen molar-refractivity contribution in [1.29, 1.82) is 0 Å². The maximum atomic E-state index is 12.7. The van der Waals surface area contributed by atoms with Crippen LogP contribution in [0.2, 0.25) is 0 Å². The molecule has 3 N–H and O–H groups in total. The lowest BCUT2D eigenvalue weighted by molar-refractivity contribution is -0.137. The molecule has 3 aromatic rings. The van der Waals surface area contributed by atoms with Crippen LogP contribution in [0.1, 0.15) is 11.1 Å². The third-order valence-electron chi connectivity index (χ3n) is 3.47. The molecule has 0 bridgehead atoms. The Hall–Kier alpha value is -2.74. The molecule has 0 aliphatic heterocycles. The van der Waals surface area contributed by atoms with E-state index in [2.05, 4.69) is 10.3 Å². The van der Waals surface area contributed by atoms with Crippen LogP contribution in [0.15, 0.2) is 47.8 Å². The van der Waals surface area contributed by atoms with Gasteiger partial charge >= 0.3 is 6.18 Å². The molecule has 4 nitrogen and oxygen atoms in total. The lowest BCUT2D eigenvalue weighted by Crippen LogP contribution is -2.06. The van der Waals surface area contributed by atoms with E-state index in [1.165, 1.54) is 29.5 Å². The zero-order chi connectivity index (χ0) is 18.0. The van der Waals surface area contributed by atoms with E-state index in [1.807, 2.05) is 0 Å². The summed E-state index contributed by atoms with van der Waals surface area (Å²) in [6.07, 6.45) is -4.37. The summed E-state index contributed by atoms with van der Waals surface area (Å²) in [5.41, 5.74) is 1.02. The smallest absolute Gasteiger partial charge is 0.416 e. The zero-order valence-corrected chi connectivity index (χ0v) is 13.5. The van der Waals surface area contributed by atoms with E-state index >= 15 is 0 Å². The van der Waals surface area contributed by atoms with Gasteiger partial charge < -0.3 is 15.5 Å². The summed E-state index contributed by atoms with van der Waals surface area (Å²) in [4.78, 5) is 4.33. The van der Waals surface area contributed by atoms with Crippen molar-refractivity contribution < 1.29 is 23.4 Å². The molecule has 0 aliphatic rings. The number of nitrogens with zero attached hydrogens (tertiary/aromatic N) is 1. The SMILES string of the molecule is Oc1ccc(-c2csc(NCc3cccc(C(F)(F)F)c3)n2)cc1O. The minimum Gasteiger partial charge on any atom is -0.504 e. The number of rotatable bonds is 4. The molecule has 0 aliphatic carbocycles. The highest BCUT2D eigenvalue weighted by Gasteiger charge is 2.30. The van der Waals surface area contributed by atoms with Gasteiger partial charge in [-0.05, 0) is 35.9 Å². The Kier molecular flexibility index (Phi) is 4.54. The first-order valence-electron chi connectivity index (χ1n) is 7.21. The Balaban J connectivity index is 1.71. The van der Waals surface area contributed by atoms with Crippen molar-refractivity contribution in [2.75, 3.05) is 5.32 Å². The monoisotopic (exact) mass is 366 g/mol. The molecule has 3 rings (SSSR count). The molecule has 0 amide bonds. The van der Waals surface area contributed by atoms with Gasteiger partial charge in [-0.25, -0.2) is 4.98 Å². The molecule has 130 valence electrons. The summed E-state index contributed by atoms with van der Waals surface area (Å²) in [6.45, 7) is 0.206. The molecule has 0 unspecified atom stereocenters. The lowest BCUT2D eigenvalue weighted by atomic mass is 10.1. The van der Waals surface area contributed by atoms with Crippen LogP contribution in [0, 0.1) is 0 Å². The highest BCUT2D eigenvalue weighted by molar-refractivity contribution is 7.14. The number of anilines is 1. The minimum atomic E-state index is -4.37. The van der Waals surface area contributed by atoms with E-state index in [4.69, 9.17) is 0 Å². The number of aromatic hydroxyl groups is 2. The molecule has 0 fully saturated rings. The van der Waals surface area contributed by atoms with Crippen LogP contribution < -0.4 is 5.32 Å². The number of phenolic OH excluding ortho intramolecular Hbond substituents is 2. The largest absolute Gasteiger partial charge is 0.504 e. The number of benzene rings is 2. The van der Waals surface area contributed by atoms with Crippen LogP contribution in [0.3, 0.4) is 0 Å². The van der Waals surface area contributed by atoms with Crippen LogP contribution >= 0.6 is 11.3 Å². The van der Waals surface area contributed by atoms with E-state index in [0.29, 0.717) is 22.0 Å². The fourth-order valence-corrected chi connectivity index (χ4v) is 2.92. The second-order valence-corrected chi connectivity index (χ2v) is 6.15.